The fourth-order valence-electron chi connectivity index (χ4n) is 2.64. The van der Waals surface area contributed by atoms with E-state index in [1.165, 1.54) is 0 Å². The van der Waals surface area contributed by atoms with E-state index < -0.39 is 0 Å². The molecule has 0 unspecified atom stereocenters. The Labute approximate surface area is 127 Å². The van der Waals surface area contributed by atoms with Crippen LogP contribution < -0.4 is 9.64 Å². The van der Waals surface area contributed by atoms with Gasteiger partial charge in [-0.05, 0) is 30.3 Å². The number of nitrogens with zero attached hydrogens (tertiary/aromatic N) is 3. The zero-order valence-corrected chi connectivity index (χ0v) is 12.2. The summed E-state index contributed by atoms with van der Waals surface area (Å²) in [5, 5.41) is 10.4. The minimum Gasteiger partial charge on any atom is -0.508 e. The van der Waals surface area contributed by atoms with Crippen molar-refractivity contribution in [1.82, 2.24) is 9.97 Å². The highest BCUT2D eigenvalue weighted by molar-refractivity contribution is 5.83. The number of benzene rings is 1. The van der Waals surface area contributed by atoms with Gasteiger partial charge in [-0.15, -0.1) is 0 Å². The average Bonchev–Trinajstić information content (AvgIpc) is 2.54. The lowest BCUT2D eigenvalue weighted by Gasteiger charge is -2.26. The van der Waals surface area contributed by atoms with Gasteiger partial charge in [0.05, 0.1) is 17.8 Å². The third-order valence-electron chi connectivity index (χ3n) is 3.85. The summed E-state index contributed by atoms with van der Waals surface area (Å²) < 4.78 is 5.69. The van der Waals surface area contributed by atoms with Crippen molar-refractivity contribution in [2.24, 2.45) is 0 Å². The molecule has 22 heavy (non-hydrogen) atoms. The van der Waals surface area contributed by atoms with Crippen molar-refractivity contribution in [2.45, 2.75) is 0 Å². The van der Waals surface area contributed by atoms with Gasteiger partial charge in [-0.2, -0.15) is 0 Å². The van der Waals surface area contributed by atoms with E-state index in [2.05, 4.69) is 14.9 Å². The SMILES string of the molecule is CN1CCOc2cc(-c3ccc4cc(O)ccc4n3)cnc21. The van der Waals surface area contributed by atoms with Crippen LogP contribution in [-0.4, -0.2) is 35.3 Å². The lowest BCUT2D eigenvalue weighted by Crippen LogP contribution is -2.29. The number of rotatable bonds is 1. The maximum Gasteiger partial charge on any atom is 0.171 e. The lowest BCUT2D eigenvalue weighted by atomic mass is 10.1. The highest BCUT2D eigenvalue weighted by atomic mass is 16.5. The minimum absolute atomic E-state index is 0.244. The number of hydrogen-bond acceptors (Lipinski definition) is 5. The van der Waals surface area contributed by atoms with Crippen LogP contribution in [0.25, 0.3) is 22.2 Å². The Kier molecular flexibility index (Phi) is 2.85. The van der Waals surface area contributed by atoms with Crippen molar-refractivity contribution in [2.75, 3.05) is 25.1 Å². The fraction of sp³-hybridized carbons (Fsp3) is 0.176. The molecule has 0 bridgehead atoms. The Morgan fingerprint density at radius 3 is 3.00 bits per heavy atom. The van der Waals surface area contributed by atoms with Gasteiger partial charge < -0.3 is 14.7 Å². The van der Waals surface area contributed by atoms with E-state index in [1.54, 1.807) is 12.1 Å². The van der Waals surface area contributed by atoms with Crippen LogP contribution in [0.3, 0.4) is 0 Å². The average molecular weight is 293 g/mol. The van der Waals surface area contributed by atoms with Crippen LogP contribution in [0.2, 0.25) is 0 Å². The zero-order chi connectivity index (χ0) is 15.1. The Balaban J connectivity index is 1.80. The first kappa shape index (κ1) is 12.9. The maximum atomic E-state index is 9.51. The highest BCUT2D eigenvalue weighted by Gasteiger charge is 2.17. The molecular formula is C17H15N3O2. The first-order chi connectivity index (χ1) is 10.7. The molecule has 3 heterocycles. The molecule has 3 aromatic rings. The van der Waals surface area contributed by atoms with Crippen molar-refractivity contribution in [3.8, 4) is 22.8 Å². The third-order valence-corrected chi connectivity index (χ3v) is 3.85. The van der Waals surface area contributed by atoms with Gasteiger partial charge in [-0.25, -0.2) is 9.97 Å². The molecular weight excluding hydrogens is 278 g/mol. The lowest BCUT2D eigenvalue weighted by molar-refractivity contribution is 0.309. The summed E-state index contributed by atoms with van der Waals surface area (Å²) in [7, 11) is 2.01. The van der Waals surface area contributed by atoms with Gasteiger partial charge in [-0.1, -0.05) is 6.07 Å². The Morgan fingerprint density at radius 2 is 2.09 bits per heavy atom. The number of anilines is 1. The molecule has 0 saturated carbocycles. The third kappa shape index (κ3) is 2.11. The summed E-state index contributed by atoms with van der Waals surface area (Å²) in [6, 6.07) is 11.0. The molecule has 110 valence electrons. The predicted octanol–water partition coefficient (Wildman–Crippen LogP) is 2.83. The molecule has 1 N–H and O–H groups in total. The molecule has 0 saturated heterocycles. The topological polar surface area (TPSA) is 58.5 Å². The van der Waals surface area contributed by atoms with Gasteiger partial charge in [0.2, 0.25) is 0 Å². The van der Waals surface area contributed by atoms with Crippen LogP contribution in [0.15, 0.2) is 42.6 Å². The predicted molar refractivity (Wildman–Crippen MR) is 85.4 cm³/mol. The van der Waals surface area contributed by atoms with E-state index in [0.717, 1.165) is 40.3 Å². The molecule has 0 spiro atoms. The molecule has 1 aromatic carbocycles. The molecule has 0 aliphatic carbocycles. The molecule has 5 heteroatoms. The van der Waals surface area contributed by atoms with Crippen LogP contribution in [0.5, 0.6) is 11.5 Å². The van der Waals surface area contributed by atoms with Crippen LogP contribution in [0.1, 0.15) is 0 Å². The van der Waals surface area contributed by atoms with Gasteiger partial charge in [0.15, 0.2) is 11.6 Å². The van der Waals surface area contributed by atoms with Crippen LogP contribution in [0, 0.1) is 0 Å². The molecule has 5 nitrogen and oxygen atoms in total. The van der Waals surface area contributed by atoms with E-state index in [4.69, 9.17) is 4.74 Å². The van der Waals surface area contributed by atoms with E-state index in [1.807, 2.05) is 37.5 Å². The molecule has 2 aromatic heterocycles. The second-order valence-electron chi connectivity index (χ2n) is 5.39. The fourth-order valence-corrected chi connectivity index (χ4v) is 2.64. The summed E-state index contributed by atoms with van der Waals surface area (Å²) in [6.07, 6.45) is 1.82. The summed E-state index contributed by atoms with van der Waals surface area (Å²) in [5.74, 6) is 1.90. The van der Waals surface area contributed by atoms with E-state index >= 15 is 0 Å². The Morgan fingerprint density at radius 1 is 1.18 bits per heavy atom. The van der Waals surface area contributed by atoms with Gasteiger partial charge in [-0.3, -0.25) is 0 Å². The number of pyridine rings is 2. The number of aromatic hydroxyl groups is 1. The largest absolute Gasteiger partial charge is 0.508 e. The minimum atomic E-state index is 0.244. The monoisotopic (exact) mass is 293 g/mol. The van der Waals surface area contributed by atoms with Crippen molar-refractivity contribution in [3.63, 3.8) is 0 Å². The molecule has 1 aliphatic heterocycles. The normalized spacial score (nSPS) is 13.8. The van der Waals surface area contributed by atoms with Gasteiger partial charge in [0.1, 0.15) is 12.4 Å². The van der Waals surface area contributed by atoms with Crippen LogP contribution in [-0.2, 0) is 0 Å². The second-order valence-corrected chi connectivity index (χ2v) is 5.39. The first-order valence-electron chi connectivity index (χ1n) is 7.15. The maximum absolute atomic E-state index is 9.51. The molecule has 0 fully saturated rings. The number of likely N-dealkylation sites (N-methyl/N-ethyl adjacent to an activating group) is 1. The Hall–Kier alpha value is -2.82. The number of aromatic nitrogens is 2. The summed E-state index contributed by atoms with van der Waals surface area (Å²) >= 11 is 0. The molecule has 0 amide bonds. The highest BCUT2D eigenvalue weighted by Crippen LogP contribution is 2.32. The summed E-state index contributed by atoms with van der Waals surface area (Å²) in [6.45, 7) is 1.51. The van der Waals surface area contributed by atoms with E-state index in [-0.39, 0.29) is 5.75 Å². The standard InChI is InChI=1S/C17H15N3O2/c1-20-6-7-22-16-9-12(10-18-17(16)20)15-4-2-11-8-13(21)3-5-14(11)19-15/h2-5,8-10,21H,6-7H2,1H3. The quantitative estimate of drug-likeness (QED) is 0.747. The zero-order valence-electron chi connectivity index (χ0n) is 12.2. The van der Waals surface area contributed by atoms with Crippen molar-refractivity contribution in [1.29, 1.82) is 0 Å². The number of ether oxygens (including phenoxy) is 1. The number of hydrogen-bond donors (Lipinski definition) is 1. The molecule has 1 aliphatic rings. The molecule has 0 radical (unpaired) electrons. The van der Waals surface area contributed by atoms with Gasteiger partial charge in [0, 0.05) is 24.2 Å². The van der Waals surface area contributed by atoms with Gasteiger partial charge >= 0.3 is 0 Å². The van der Waals surface area contributed by atoms with Crippen molar-refractivity contribution >= 4 is 16.7 Å². The van der Waals surface area contributed by atoms with E-state index in [0.29, 0.717) is 6.61 Å². The number of fused-ring (bicyclic) bond motifs is 2. The van der Waals surface area contributed by atoms with Crippen molar-refractivity contribution in [3.05, 3.63) is 42.6 Å². The molecule has 0 atom stereocenters. The summed E-state index contributed by atoms with van der Waals surface area (Å²) in [4.78, 5) is 11.2. The summed E-state index contributed by atoms with van der Waals surface area (Å²) in [5.41, 5.74) is 2.60. The molecule has 4 rings (SSSR count). The first-order valence-corrected chi connectivity index (χ1v) is 7.15. The number of phenols is 1. The number of phenolic OH excluding ortho intramolecular Hbond substituents is 1. The van der Waals surface area contributed by atoms with Crippen molar-refractivity contribution < 1.29 is 9.84 Å². The van der Waals surface area contributed by atoms with Gasteiger partial charge in [0.25, 0.3) is 0 Å². The second kappa shape index (κ2) is 4.87. The Bertz CT molecular complexity index is 864. The van der Waals surface area contributed by atoms with Crippen LogP contribution in [0.4, 0.5) is 5.82 Å². The van der Waals surface area contributed by atoms with Crippen LogP contribution >= 0.6 is 0 Å². The smallest absolute Gasteiger partial charge is 0.171 e. The van der Waals surface area contributed by atoms with E-state index in [9.17, 15) is 5.11 Å².